The zero-order valence-corrected chi connectivity index (χ0v) is 19.1. The molecule has 1 unspecified atom stereocenters. The van der Waals surface area contributed by atoms with Crippen LogP contribution in [0.3, 0.4) is 0 Å². The third kappa shape index (κ3) is 3.77. The topological polar surface area (TPSA) is 29.5 Å². The maximum Gasteiger partial charge on any atom is 0.325 e. The Kier molecular flexibility index (Phi) is 5.68. The van der Waals surface area contributed by atoms with Crippen LogP contribution in [-0.4, -0.2) is 23.2 Å². The van der Waals surface area contributed by atoms with Gasteiger partial charge in [-0.2, -0.15) is 0 Å². The summed E-state index contributed by atoms with van der Waals surface area (Å²) in [6, 6.07) is 27.8. The van der Waals surface area contributed by atoms with E-state index in [9.17, 15) is 5.11 Å². The van der Waals surface area contributed by atoms with E-state index in [-0.39, 0.29) is 6.92 Å². The molecule has 3 heteroatoms. The summed E-state index contributed by atoms with van der Waals surface area (Å²) in [5.41, 5.74) is 2.03. The predicted octanol–water partition coefficient (Wildman–Crippen LogP) is 6.44. The van der Waals surface area contributed by atoms with Crippen LogP contribution in [-0.2, 0) is 4.65 Å². The minimum absolute atomic E-state index is 0.184. The molecule has 0 saturated carbocycles. The summed E-state index contributed by atoms with van der Waals surface area (Å²) in [6.45, 7) is 9.66. The van der Waals surface area contributed by atoms with Crippen LogP contribution < -0.4 is 5.46 Å². The fourth-order valence-electron chi connectivity index (χ4n) is 4.63. The molecular weight excluding hydrogens is 379 g/mol. The molecule has 158 valence electrons. The van der Waals surface area contributed by atoms with Gasteiger partial charge >= 0.3 is 6.92 Å². The Balaban J connectivity index is 2.01. The van der Waals surface area contributed by atoms with Crippen molar-refractivity contribution in [3.8, 4) is 11.1 Å². The molecule has 0 bridgehead atoms. The van der Waals surface area contributed by atoms with Crippen molar-refractivity contribution in [1.82, 2.24) is 0 Å². The van der Waals surface area contributed by atoms with Crippen LogP contribution in [0.25, 0.3) is 32.7 Å². The van der Waals surface area contributed by atoms with Crippen LogP contribution >= 0.6 is 0 Å². The van der Waals surface area contributed by atoms with Crippen LogP contribution in [0.4, 0.5) is 0 Å². The maximum absolute atomic E-state index is 10.8. The molecule has 0 radical (unpaired) electrons. The van der Waals surface area contributed by atoms with Crippen LogP contribution in [0, 0.1) is 0 Å². The van der Waals surface area contributed by atoms with Crippen molar-refractivity contribution in [2.75, 3.05) is 0 Å². The first-order chi connectivity index (χ1) is 14.8. The summed E-state index contributed by atoms with van der Waals surface area (Å²) in [6.07, 6.45) is 0.721. The molecule has 2 nitrogen and oxygen atoms in total. The van der Waals surface area contributed by atoms with E-state index >= 15 is 0 Å². The molecule has 0 saturated heterocycles. The van der Waals surface area contributed by atoms with Crippen molar-refractivity contribution in [2.45, 2.75) is 52.1 Å². The van der Waals surface area contributed by atoms with Gasteiger partial charge in [0.25, 0.3) is 0 Å². The van der Waals surface area contributed by atoms with E-state index in [0.717, 1.165) is 6.42 Å². The second-order valence-corrected chi connectivity index (χ2v) is 9.15. The van der Waals surface area contributed by atoms with Crippen molar-refractivity contribution in [3.05, 3.63) is 78.9 Å². The Morgan fingerprint density at radius 3 is 1.65 bits per heavy atom. The van der Waals surface area contributed by atoms with Crippen molar-refractivity contribution >= 4 is 33.9 Å². The SMILES string of the molecule is CCC(C)(OB(C)c1c2ccccc2c(-c2ccccc2)c2ccccc12)C(C)(C)O. The minimum Gasteiger partial charge on any atom is -0.423 e. The van der Waals surface area contributed by atoms with Gasteiger partial charge in [-0.3, -0.25) is 0 Å². The van der Waals surface area contributed by atoms with Gasteiger partial charge < -0.3 is 9.76 Å². The average molecular weight is 410 g/mol. The van der Waals surface area contributed by atoms with E-state index in [0.29, 0.717) is 0 Å². The Morgan fingerprint density at radius 1 is 0.742 bits per heavy atom. The van der Waals surface area contributed by atoms with E-state index in [1.54, 1.807) is 0 Å². The molecule has 0 heterocycles. The van der Waals surface area contributed by atoms with Gasteiger partial charge in [-0.25, -0.2) is 0 Å². The fourth-order valence-corrected chi connectivity index (χ4v) is 4.63. The van der Waals surface area contributed by atoms with Gasteiger partial charge in [0.15, 0.2) is 0 Å². The van der Waals surface area contributed by atoms with E-state index in [2.05, 4.69) is 92.6 Å². The van der Waals surface area contributed by atoms with Gasteiger partial charge in [0.2, 0.25) is 0 Å². The highest BCUT2D eigenvalue weighted by Gasteiger charge is 2.41. The number of hydrogen-bond acceptors (Lipinski definition) is 2. The molecule has 0 spiro atoms. The lowest BCUT2D eigenvalue weighted by Crippen LogP contribution is -2.54. The van der Waals surface area contributed by atoms with Gasteiger partial charge in [-0.05, 0) is 65.3 Å². The molecule has 0 aromatic heterocycles. The number of benzene rings is 4. The van der Waals surface area contributed by atoms with E-state index in [1.165, 1.54) is 38.1 Å². The van der Waals surface area contributed by atoms with Gasteiger partial charge in [0, 0.05) is 0 Å². The molecule has 0 aliphatic heterocycles. The first-order valence-corrected chi connectivity index (χ1v) is 11.2. The van der Waals surface area contributed by atoms with Crippen molar-refractivity contribution < 1.29 is 9.76 Å². The Bertz CT molecular complexity index is 1150. The highest BCUT2D eigenvalue weighted by atomic mass is 16.5. The first-order valence-electron chi connectivity index (χ1n) is 11.2. The first kappa shape index (κ1) is 21.6. The van der Waals surface area contributed by atoms with Crippen LogP contribution in [0.15, 0.2) is 78.9 Å². The maximum atomic E-state index is 10.8. The second-order valence-electron chi connectivity index (χ2n) is 9.15. The zero-order chi connectivity index (χ0) is 22.2. The summed E-state index contributed by atoms with van der Waals surface area (Å²) in [5.74, 6) is 0. The largest absolute Gasteiger partial charge is 0.423 e. The van der Waals surface area contributed by atoms with Crippen LogP contribution in [0.5, 0.6) is 0 Å². The number of hydrogen-bond donors (Lipinski definition) is 1. The smallest absolute Gasteiger partial charge is 0.325 e. The van der Waals surface area contributed by atoms with Crippen molar-refractivity contribution in [1.29, 1.82) is 0 Å². The lowest BCUT2D eigenvalue weighted by Gasteiger charge is -2.42. The predicted molar refractivity (Wildman–Crippen MR) is 134 cm³/mol. The normalized spacial score (nSPS) is 14.0. The second kappa shape index (κ2) is 8.14. The summed E-state index contributed by atoms with van der Waals surface area (Å²) in [7, 11) is 0. The average Bonchev–Trinajstić information content (AvgIpc) is 2.76. The summed E-state index contributed by atoms with van der Waals surface area (Å²) in [5, 5.41) is 15.7. The molecule has 4 aromatic carbocycles. The van der Waals surface area contributed by atoms with E-state index in [1.807, 2.05) is 20.8 Å². The number of fused-ring (bicyclic) bond motifs is 2. The summed E-state index contributed by atoms with van der Waals surface area (Å²) in [4.78, 5) is 0. The Morgan fingerprint density at radius 2 is 1.19 bits per heavy atom. The van der Waals surface area contributed by atoms with Crippen molar-refractivity contribution in [3.63, 3.8) is 0 Å². The van der Waals surface area contributed by atoms with Gasteiger partial charge in [-0.15, -0.1) is 0 Å². The standard InChI is InChI=1S/C28H31BO2/c1-6-28(4,27(2,3)30)31-29(5)26-23-18-12-10-16-21(23)25(20-14-8-7-9-15-20)22-17-11-13-19-24(22)26/h7-19,30H,6H2,1-5H3. The molecule has 4 rings (SSSR count). The molecule has 0 aliphatic carbocycles. The molecule has 0 aliphatic rings. The lowest BCUT2D eigenvalue weighted by atomic mass is 9.58. The molecule has 1 atom stereocenters. The molecule has 31 heavy (non-hydrogen) atoms. The fraction of sp³-hybridized carbons (Fsp3) is 0.286. The van der Waals surface area contributed by atoms with Gasteiger partial charge in [-0.1, -0.05) is 92.6 Å². The van der Waals surface area contributed by atoms with Crippen LogP contribution in [0.1, 0.15) is 34.1 Å². The number of rotatable bonds is 6. The van der Waals surface area contributed by atoms with Crippen molar-refractivity contribution in [2.24, 2.45) is 0 Å². The Labute approximate surface area is 186 Å². The van der Waals surface area contributed by atoms with E-state index < -0.39 is 11.2 Å². The van der Waals surface area contributed by atoms with Gasteiger partial charge in [0.05, 0.1) is 11.2 Å². The third-order valence-corrected chi connectivity index (χ3v) is 6.85. The molecule has 0 amide bonds. The molecule has 0 fully saturated rings. The number of aliphatic hydroxyl groups is 1. The highest BCUT2D eigenvalue weighted by molar-refractivity contribution is 6.72. The molecular formula is C28H31BO2. The summed E-state index contributed by atoms with van der Waals surface area (Å²) >= 11 is 0. The summed E-state index contributed by atoms with van der Waals surface area (Å²) < 4.78 is 6.65. The monoisotopic (exact) mass is 410 g/mol. The van der Waals surface area contributed by atoms with E-state index in [4.69, 9.17) is 4.65 Å². The third-order valence-electron chi connectivity index (χ3n) is 6.85. The zero-order valence-electron chi connectivity index (χ0n) is 19.1. The quantitative estimate of drug-likeness (QED) is 0.293. The lowest BCUT2D eigenvalue weighted by molar-refractivity contribution is -0.105. The van der Waals surface area contributed by atoms with Gasteiger partial charge in [0.1, 0.15) is 0 Å². The highest BCUT2D eigenvalue weighted by Crippen LogP contribution is 2.37. The molecule has 1 N–H and O–H groups in total. The Hall–Kier alpha value is -2.62. The molecule has 4 aromatic rings. The minimum atomic E-state index is -0.953. The van der Waals surface area contributed by atoms with Crippen LogP contribution in [0.2, 0.25) is 6.82 Å².